The number of rotatable bonds is 3. The molecule has 0 aromatic carbocycles. The maximum atomic E-state index is 11.7. The summed E-state index contributed by atoms with van der Waals surface area (Å²) >= 11 is 0. The van der Waals surface area contributed by atoms with Crippen LogP contribution in [0.4, 0.5) is 0 Å². The number of carbonyl (C=O) groups excluding carboxylic acids is 1. The van der Waals surface area contributed by atoms with Crippen molar-refractivity contribution < 1.29 is 4.79 Å². The lowest BCUT2D eigenvalue weighted by Gasteiger charge is -2.17. The summed E-state index contributed by atoms with van der Waals surface area (Å²) in [4.78, 5) is 15.7. The van der Waals surface area contributed by atoms with Crippen molar-refractivity contribution in [3.8, 4) is 6.07 Å². The number of nitrogens with zero attached hydrogens (tertiary/aromatic N) is 2. The van der Waals surface area contributed by atoms with Gasteiger partial charge >= 0.3 is 0 Å². The first-order valence-electron chi connectivity index (χ1n) is 5.57. The van der Waals surface area contributed by atoms with E-state index >= 15 is 0 Å². The molecule has 1 amide bonds. The highest BCUT2D eigenvalue weighted by Crippen LogP contribution is 2.16. The first kappa shape index (κ1) is 13.2. The van der Waals surface area contributed by atoms with Crippen LogP contribution in [0.3, 0.4) is 0 Å². The third-order valence-corrected chi connectivity index (χ3v) is 2.28. The lowest BCUT2D eigenvalue weighted by atomic mass is 9.92. The van der Waals surface area contributed by atoms with E-state index in [4.69, 9.17) is 5.26 Å². The third-order valence-electron chi connectivity index (χ3n) is 2.28. The number of hydrogen-bond donors (Lipinski definition) is 1. The number of hydrogen-bond acceptors (Lipinski definition) is 3. The molecule has 1 N–H and O–H groups in total. The minimum absolute atomic E-state index is 0.190. The minimum atomic E-state index is -0.230. The average molecular weight is 231 g/mol. The van der Waals surface area contributed by atoms with E-state index in [0.717, 1.165) is 6.42 Å². The zero-order chi connectivity index (χ0) is 12.9. The van der Waals surface area contributed by atoms with Crippen molar-refractivity contribution >= 4 is 5.91 Å². The van der Waals surface area contributed by atoms with Gasteiger partial charge in [0.2, 0.25) is 0 Å². The molecule has 0 aliphatic carbocycles. The SMILES string of the molecule is CC(C)(C)CCNC(=O)c1cc(C#N)ccn1. The van der Waals surface area contributed by atoms with Gasteiger partial charge in [0.05, 0.1) is 11.6 Å². The normalized spacial score (nSPS) is 10.7. The van der Waals surface area contributed by atoms with Crippen LogP contribution in [-0.4, -0.2) is 17.4 Å². The number of carbonyl (C=O) groups is 1. The van der Waals surface area contributed by atoms with Gasteiger partial charge in [0.1, 0.15) is 5.69 Å². The van der Waals surface area contributed by atoms with Crippen LogP contribution in [0.5, 0.6) is 0 Å². The summed E-state index contributed by atoms with van der Waals surface area (Å²) in [7, 11) is 0. The monoisotopic (exact) mass is 231 g/mol. The molecule has 1 rings (SSSR count). The Hall–Kier alpha value is -1.89. The zero-order valence-electron chi connectivity index (χ0n) is 10.4. The highest BCUT2D eigenvalue weighted by molar-refractivity contribution is 5.92. The van der Waals surface area contributed by atoms with E-state index in [0.29, 0.717) is 12.1 Å². The molecule has 1 aromatic rings. The van der Waals surface area contributed by atoms with Gasteiger partial charge in [-0.05, 0) is 24.0 Å². The van der Waals surface area contributed by atoms with Crippen LogP contribution in [0.2, 0.25) is 0 Å². The molecule has 17 heavy (non-hydrogen) atoms. The fourth-order valence-corrected chi connectivity index (χ4v) is 1.27. The van der Waals surface area contributed by atoms with E-state index < -0.39 is 0 Å². The summed E-state index contributed by atoms with van der Waals surface area (Å²) < 4.78 is 0. The fourth-order valence-electron chi connectivity index (χ4n) is 1.27. The van der Waals surface area contributed by atoms with E-state index in [1.54, 1.807) is 6.07 Å². The Bertz CT molecular complexity index is 441. The van der Waals surface area contributed by atoms with Gasteiger partial charge in [-0.2, -0.15) is 5.26 Å². The van der Waals surface area contributed by atoms with Crippen LogP contribution in [0, 0.1) is 16.7 Å². The zero-order valence-corrected chi connectivity index (χ0v) is 10.4. The Morgan fingerprint density at radius 1 is 1.53 bits per heavy atom. The number of pyridine rings is 1. The maximum absolute atomic E-state index is 11.7. The predicted molar refractivity (Wildman–Crippen MR) is 65.4 cm³/mol. The van der Waals surface area contributed by atoms with Gasteiger partial charge in [-0.3, -0.25) is 9.78 Å². The molecule has 90 valence electrons. The van der Waals surface area contributed by atoms with E-state index in [9.17, 15) is 4.79 Å². The molecule has 0 aliphatic rings. The predicted octanol–water partition coefficient (Wildman–Crippen LogP) is 2.12. The van der Waals surface area contributed by atoms with Crippen molar-refractivity contribution in [1.29, 1.82) is 5.26 Å². The molecule has 1 aromatic heterocycles. The standard InChI is InChI=1S/C13H17N3O/c1-13(2,3)5-7-16-12(17)11-8-10(9-14)4-6-15-11/h4,6,8H,5,7H2,1-3H3,(H,16,17). The van der Waals surface area contributed by atoms with Crippen molar-refractivity contribution in [3.63, 3.8) is 0 Å². The second kappa shape index (κ2) is 5.44. The summed E-state index contributed by atoms with van der Waals surface area (Å²) in [6, 6.07) is 5.05. The average Bonchev–Trinajstić information content (AvgIpc) is 2.27. The summed E-state index contributed by atoms with van der Waals surface area (Å²) in [6.45, 7) is 6.97. The lowest BCUT2D eigenvalue weighted by Crippen LogP contribution is -2.27. The largest absolute Gasteiger partial charge is 0.351 e. The molecule has 0 saturated heterocycles. The van der Waals surface area contributed by atoms with E-state index in [-0.39, 0.29) is 17.0 Å². The van der Waals surface area contributed by atoms with Gasteiger partial charge in [-0.25, -0.2) is 0 Å². The molecule has 0 bridgehead atoms. The van der Waals surface area contributed by atoms with Crippen LogP contribution < -0.4 is 5.32 Å². The van der Waals surface area contributed by atoms with Crippen LogP contribution in [-0.2, 0) is 0 Å². The van der Waals surface area contributed by atoms with Gasteiger partial charge < -0.3 is 5.32 Å². The van der Waals surface area contributed by atoms with Crippen molar-refractivity contribution in [1.82, 2.24) is 10.3 Å². The molecule has 0 fully saturated rings. The maximum Gasteiger partial charge on any atom is 0.269 e. The first-order valence-corrected chi connectivity index (χ1v) is 5.57. The van der Waals surface area contributed by atoms with Crippen LogP contribution in [0.1, 0.15) is 43.2 Å². The summed E-state index contributed by atoms with van der Waals surface area (Å²) in [5.74, 6) is -0.230. The van der Waals surface area contributed by atoms with Crippen molar-refractivity contribution in [2.45, 2.75) is 27.2 Å². The highest BCUT2D eigenvalue weighted by Gasteiger charge is 2.12. The van der Waals surface area contributed by atoms with Gasteiger partial charge in [-0.1, -0.05) is 20.8 Å². The minimum Gasteiger partial charge on any atom is -0.351 e. The van der Waals surface area contributed by atoms with Crippen LogP contribution in [0.25, 0.3) is 0 Å². The topological polar surface area (TPSA) is 65.8 Å². The number of nitriles is 1. The fraction of sp³-hybridized carbons (Fsp3) is 0.462. The van der Waals surface area contributed by atoms with E-state index in [1.165, 1.54) is 12.3 Å². The third kappa shape index (κ3) is 4.64. The number of aromatic nitrogens is 1. The van der Waals surface area contributed by atoms with Crippen molar-refractivity contribution in [2.75, 3.05) is 6.54 Å². The highest BCUT2D eigenvalue weighted by atomic mass is 16.1. The Morgan fingerprint density at radius 2 is 2.24 bits per heavy atom. The molecule has 0 atom stereocenters. The number of amides is 1. The first-order chi connectivity index (χ1) is 7.92. The Kier molecular flexibility index (Phi) is 4.22. The van der Waals surface area contributed by atoms with E-state index in [2.05, 4.69) is 31.1 Å². The second-order valence-corrected chi connectivity index (χ2v) is 5.11. The molecular formula is C13H17N3O. The Morgan fingerprint density at radius 3 is 2.82 bits per heavy atom. The van der Waals surface area contributed by atoms with Crippen molar-refractivity contribution in [2.24, 2.45) is 5.41 Å². The lowest BCUT2D eigenvalue weighted by molar-refractivity contribution is 0.0944. The molecule has 0 aliphatic heterocycles. The van der Waals surface area contributed by atoms with Crippen LogP contribution >= 0.6 is 0 Å². The molecule has 4 nitrogen and oxygen atoms in total. The summed E-state index contributed by atoms with van der Waals surface area (Å²) in [5, 5.41) is 11.5. The Balaban J connectivity index is 2.56. The molecule has 4 heteroatoms. The molecule has 1 heterocycles. The van der Waals surface area contributed by atoms with E-state index in [1.807, 2.05) is 6.07 Å². The van der Waals surface area contributed by atoms with Crippen LogP contribution in [0.15, 0.2) is 18.3 Å². The summed E-state index contributed by atoms with van der Waals surface area (Å²) in [5.41, 5.74) is 0.925. The van der Waals surface area contributed by atoms with Gasteiger partial charge in [0.15, 0.2) is 0 Å². The van der Waals surface area contributed by atoms with Crippen molar-refractivity contribution in [3.05, 3.63) is 29.6 Å². The molecule has 0 radical (unpaired) electrons. The summed E-state index contributed by atoms with van der Waals surface area (Å²) in [6.07, 6.45) is 2.37. The molecule has 0 saturated carbocycles. The molecule has 0 spiro atoms. The van der Waals surface area contributed by atoms with Gasteiger partial charge in [-0.15, -0.1) is 0 Å². The quantitative estimate of drug-likeness (QED) is 0.866. The number of nitrogens with one attached hydrogen (secondary N) is 1. The molecular weight excluding hydrogens is 214 g/mol. The Labute approximate surface area is 102 Å². The molecule has 0 unspecified atom stereocenters. The smallest absolute Gasteiger partial charge is 0.269 e. The van der Waals surface area contributed by atoms with Gasteiger partial charge in [0.25, 0.3) is 5.91 Å². The second-order valence-electron chi connectivity index (χ2n) is 5.11. The van der Waals surface area contributed by atoms with Gasteiger partial charge in [0, 0.05) is 12.7 Å².